The van der Waals surface area contributed by atoms with Crippen LogP contribution < -0.4 is 4.90 Å². The minimum absolute atomic E-state index is 0.184. The number of nitrogens with zero attached hydrogens (tertiary/aromatic N) is 1. The van der Waals surface area contributed by atoms with E-state index in [1.807, 2.05) is 12.1 Å². The van der Waals surface area contributed by atoms with Crippen LogP contribution in [-0.2, 0) is 10.8 Å². The van der Waals surface area contributed by atoms with Crippen molar-refractivity contribution < 1.29 is 9.90 Å². The van der Waals surface area contributed by atoms with Gasteiger partial charge in [-0.15, -0.1) is 0 Å². The Hall–Kier alpha value is -2.29. The lowest BCUT2D eigenvalue weighted by molar-refractivity contribution is 0.0697. The zero-order valence-electron chi connectivity index (χ0n) is 16.7. The Kier molecular flexibility index (Phi) is 4.10. The summed E-state index contributed by atoms with van der Waals surface area (Å²) >= 11 is 0. The van der Waals surface area contributed by atoms with Crippen LogP contribution in [0.3, 0.4) is 0 Å². The molecule has 2 aliphatic carbocycles. The van der Waals surface area contributed by atoms with Crippen molar-refractivity contribution in [1.82, 2.24) is 0 Å². The highest BCUT2D eigenvalue weighted by atomic mass is 16.4. The van der Waals surface area contributed by atoms with Crippen molar-refractivity contribution >= 4 is 17.3 Å². The van der Waals surface area contributed by atoms with Crippen molar-refractivity contribution in [3.05, 3.63) is 59.2 Å². The van der Waals surface area contributed by atoms with E-state index < -0.39 is 5.97 Å². The minimum Gasteiger partial charge on any atom is -0.478 e. The van der Waals surface area contributed by atoms with Crippen LogP contribution in [0.5, 0.6) is 0 Å². The van der Waals surface area contributed by atoms with E-state index in [1.165, 1.54) is 42.5 Å². The average molecular weight is 364 g/mol. The molecular formula is C24H29NO2. The van der Waals surface area contributed by atoms with E-state index in [2.05, 4.69) is 50.8 Å². The van der Waals surface area contributed by atoms with Gasteiger partial charge in [-0.3, -0.25) is 0 Å². The molecule has 0 saturated heterocycles. The molecule has 0 aliphatic heterocycles. The van der Waals surface area contributed by atoms with Gasteiger partial charge in [0, 0.05) is 17.4 Å². The molecular weight excluding hydrogens is 334 g/mol. The zero-order chi connectivity index (χ0) is 19.4. The third-order valence-corrected chi connectivity index (χ3v) is 6.42. The van der Waals surface area contributed by atoms with E-state index in [4.69, 9.17) is 0 Å². The van der Waals surface area contributed by atoms with Gasteiger partial charge in [-0.1, -0.05) is 33.8 Å². The SMILES string of the molecule is CC1(C)CCC(C)(C)c2cc(N(c3ccc(C(=O)O)cc3)C3CC3)ccc21. The lowest BCUT2D eigenvalue weighted by atomic mass is 9.63. The molecule has 0 atom stereocenters. The van der Waals surface area contributed by atoms with E-state index in [9.17, 15) is 9.90 Å². The summed E-state index contributed by atoms with van der Waals surface area (Å²) in [6.45, 7) is 9.41. The van der Waals surface area contributed by atoms with Gasteiger partial charge in [-0.25, -0.2) is 4.79 Å². The number of carbonyl (C=O) groups is 1. The fourth-order valence-electron chi connectivity index (χ4n) is 4.39. The number of fused-ring (bicyclic) bond motifs is 1. The van der Waals surface area contributed by atoms with E-state index in [-0.39, 0.29) is 10.8 Å². The molecule has 1 fully saturated rings. The summed E-state index contributed by atoms with van der Waals surface area (Å²) in [4.78, 5) is 13.6. The molecule has 27 heavy (non-hydrogen) atoms. The monoisotopic (exact) mass is 363 g/mol. The number of anilines is 2. The maximum absolute atomic E-state index is 11.2. The largest absolute Gasteiger partial charge is 0.478 e. The van der Waals surface area contributed by atoms with Crippen molar-refractivity contribution in [1.29, 1.82) is 0 Å². The average Bonchev–Trinajstić information content (AvgIpc) is 3.45. The first-order chi connectivity index (χ1) is 12.7. The first kappa shape index (κ1) is 18.1. The summed E-state index contributed by atoms with van der Waals surface area (Å²) in [5, 5.41) is 9.18. The van der Waals surface area contributed by atoms with Crippen LogP contribution in [0.25, 0.3) is 0 Å². The molecule has 0 spiro atoms. The molecule has 0 unspecified atom stereocenters. The van der Waals surface area contributed by atoms with Gasteiger partial charge in [0.2, 0.25) is 0 Å². The van der Waals surface area contributed by atoms with Gasteiger partial charge in [0.15, 0.2) is 0 Å². The van der Waals surface area contributed by atoms with Crippen LogP contribution in [0, 0.1) is 0 Å². The van der Waals surface area contributed by atoms with Crippen molar-refractivity contribution in [2.24, 2.45) is 0 Å². The molecule has 0 aromatic heterocycles. The molecule has 0 radical (unpaired) electrons. The second-order valence-corrected chi connectivity index (χ2v) is 9.45. The minimum atomic E-state index is -0.878. The van der Waals surface area contributed by atoms with Crippen LogP contribution in [0.15, 0.2) is 42.5 Å². The zero-order valence-corrected chi connectivity index (χ0v) is 16.7. The highest BCUT2D eigenvalue weighted by Crippen LogP contribution is 2.48. The van der Waals surface area contributed by atoms with E-state index in [0.29, 0.717) is 11.6 Å². The summed E-state index contributed by atoms with van der Waals surface area (Å²) in [5.74, 6) is -0.878. The van der Waals surface area contributed by atoms with Crippen LogP contribution in [0.1, 0.15) is 74.9 Å². The summed E-state index contributed by atoms with van der Waals surface area (Å²) in [7, 11) is 0. The van der Waals surface area contributed by atoms with Crippen molar-refractivity contribution in [3.8, 4) is 0 Å². The highest BCUT2D eigenvalue weighted by molar-refractivity contribution is 5.88. The number of hydrogen-bond acceptors (Lipinski definition) is 2. The number of carboxylic acid groups (broad SMARTS) is 1. The van der Waals surface area contributed by atoms with Crippen LogP contribution in [0.4, 0.5) is 11.4 Å². The molecule has 0 heterocycles. The van der Waals surface area contributed by atoms with Crippen LogP contribution in [-0.4, -0.2) is 17.1 Å². The fourth-order valence-corrected chi connectivity index (χ4v) is 4.39. The predicted molar refractivity (Wildman–Crippen MR) is 110 cm³/mol. The fraction of sp³-hybridized carbons (Fsp3) is 0.458. The second kappa shape index (κ2) is 6.12. The molecule has 3 heteroatoms. The Morgan fingerprint density at radius 1 is 0.889 bits per heavy atom. The number of benzene rings is 2. The number of rotatable bonds is 4. The van der Waals surface area contributed by atoms with Gasteiger partial charge in [0.05, 0.1) is 5.56 Å². The maximum Gasteiger partial charge on any atom is 0.335 e. The molecule has 142 valence electrons. The Labute approximate surface area is 162 Å². The summed E-state index contributed by atoms with van der Waals surface area (Å²) in [6, 6.07) is 14.8. The Bertz CT molecular complexity index is 876. The normalized spacial score (nSPS) is 20.0. The summed E-state index contributed by atoms with van der Waals surface area (Å²) < 4.78 is 0. The van der Waals surface area contributed by atoms with Gasteiger partial charge < -0.3 is 10.0 Å². The predicted octanol–water partition coefficient (Wildman–Crippen LogP) is 6.03. The van der Waals surface area contributed by atoms with Gasteiger partial charge >= 0.3 is 5.97 Å². The molecule has 2 aromatic rings. The van der Waals surface area contributed by atoms with Crippen LogP contribution in [0.2, 0.25) is 0 Å². The Morgan fingerprint density at radius 3 is 2.00 bits per heavy atom. The van der Waals surface area contributed by atoms with Crippen molar-refractivity contribution in [2.45, 2.75) is 70.3 Å². The lowest BCUT2D eigenvalue weighted by Gasteiger charge is -2.42. The molecule has 2 aromatic carbocycles. The molecule has 2 aliphatic rings. The lowest BCUT2D eigenvalue weighted by Crippen LogP contribution is -2.34. The molecule has 0 amide bonds. The highest BCUT2D eigenvalue weighted by Gasteiger charge is 2.38. The van der Waals surface area contributed by atoms with E-state index in [0.717, 1.165) is 5.69 Å². The van der Waals surface area contributed by atoms with Gasteiger partial charge in [-0.2, -0.15) is 0 Å². The third-order valence-electron chi connectivity index (χ3n) is 6.42. The standard InChI is InChI=1S/C24H29NO2/c1-23(2)13-14-24(3,4)21-15-19(11-12-20(21)23)25(18-9-10-18)17-7-5-16(6-8-17)22(26)27/h5-8,11-12,15,18H,9-10,13-14H2,1-4H3,(H,26,27). The van der Waals surface area contributed by atoms with Crippen LogP contribution >= 0.6 is 0 Å². The number of carboxylic acids is 1. The van der Waals surface area contributed by atoms with Crippen molar-refractivity contribution in [2.75, 3.05) is 4.90 Å². The summed E-state index contributed by atoms with van der Waals surface area (Å²) in [5.41, 5.74) is 5.98. The van der Waals surface area contributed by atoms with Gasteiger partial charge in [0.25, 0.3) is 0 Å². The Morgan fingerprint density at radius 2 is 1.44 bits per heavy atom. The molecule has 1 N–H and O–H groups in total. The number of aromatic carboxylic acids is 1. The third kappa shape index (κ3) is 3.24. The quantitative estimate of drug-likeness (QED) is 0.720. The first-order valence-electron chi connectivity index (χ1n) is 9.97. The topological polar surface area (TPSA) is 40.5 Å². The molecule has 4 rings (SSSR count). The smallest absolute Gasteiger partial charge is 0.335 e. The Balaban J connectivity index is 1.77. The van der Waals surface area contributed by atoms with Crippen molar-refractivity contribution in [3.63, 3.8) is 0 Å². The summed E-state index contributed by atoms with van der Waals surface area (Å²) in [6.07, 6.45) is 4.79. The van der Waals surface area contributed by atoms with E-state index in [1.54, 1.807) is 12.1 Å². The molecule has 3 nitrogen and oxygen atoms in total. The van der Waals surface area contributed by atoms with E-state index >= 15 is 0 Å². The molecule has 0 bridgehead atoms. The van der Waals surface area contributed by atoms with Gasteiger partial charge in [0.1, 0.15) is 0 Å². The van der Waals surface area contributed by atoms with Gasteiger partial charge in [-0.05, 0) is 84.0 Å². The molecule has 1 saturated carbocycles. The number of hydrogen-bond donors (Lipinski definition) is 1. The second-order valence-electron chi connectivity index (χ2n) is 9.45. The maximum atomic E-state index is 11.2. The first-order valence-corrected chi connectivity index (χ1v) is 9.97.